The number of nitrogens with zero attached hydrogens (tertiary/aromatic N) is 1. The molecule has 4 rings (SSSR count). The molecule has 2 aromatic carbocycles. The lowest BCUT2D eigenvalue weighted by Crippen LogP contribution is -2.40. The van der Waals surface area contributed by atoms with Crippen LogP contribution in [0.15, 0.2) is 70.2 Å². The van der Waals surface area contributed by atoms with Gasteiger partial charge in [0, 0.05) is 17.8 Å². The molecule has 1 amide bonds. The topological polar surface area (TPSA) is 101 Å². The molecule has 2 N–H and O–H groups in total. The average Bonchev–Trinajstić information content (AvgIpc) is 3.40. The van der Waals surface area contributed by atoms with Crippen LogP contribution in [0.1, 0.15) is 47.0 Å². The fraction of sp³-hybridized carbons (Fsp3) is 0.346. The highest BCUT2D eigenvalue weighted by Gasteiger charge is 2.26. The van der Waals surface area contributed by atoms with Crippen molar-refractivity contribution < 1.29 is 22.4 Å². The maximum absolute atomic E-state index is 13.1. The van der Waals surface area contributed by atoms with E-state index < -0.39 is 10.0 Å². The molecule has 1 aromatic heterocycles. The minimum absolute atomic E-state index is 0.0164. The SMILES string of the molecule is COc1ccc(NS(=O)(=O)c2ccc(C)c(C(=O)NC[C@@H](c3ccco3)N3CCCCC3)c2)cc1. The van der Waals surface area contributed by atoms with Gasteiger partial charge in [-0.15, -0.1) is 0 Å². The van der Waals surface area contributed by atoms with Crippen molar-refractivity contribution in [3.05, 3.63) is 77.7 Å². The van der Waals surface area contributed by atoms with Gasteiger partial charge in [0.1, 0.15) is 11.5 Å². The quantitative estimate of drug-likeness (QED) is 0.456. The predicted octanol–water partition coefficient (Wildman–Crippen LogP) is 4.35. The maximum atomic E-state index is 13.1. The van der Waals surface area contributed by atoms with Gasteiger partial charge in [-0.25, -0.2) is 8.42 Å². The number of furan rings is 1. The molecule has 186 valence electrons. The summed E-state index contributed by atoms with van der Waals surface area (Å²) in [6.45, 7) is 4.06. The van der Waals surface area contributed by atoms with Crippen molar-refractivity contribution in [2.24, 2.45) is 0 Å². The first kappa shape index (κ1) is 24.8. The molecule has 0 bridgehead atoms. The van der Waals surface area contributed by atoms with E-state index in [1.165, 1.54) is 18.6 Å². The molecule has 1 atom stereocenters. The van der Waals surface area contributed by atoms with Crippen LogP contribution in [-0.4, -0.2) is 46.0 Å². The number of carbonyl (C=O) groups is 1. The number of rotatable bonds is 9. The molecule has 3 aromatic rings. The second kappa shape index (κ2) is 11.0. The number of aryl methyl sites for hydroxylation is 1. The third-order valence-corrected chi connectivity index (χ3v) is 7.64. The Hall–Kier alpha value is -3.30. The normalized spacial score (nSPS) is 15.4. The highest BCUT2D eigenvalue weighted by Crippen LogP contribution is 2.25. The number of hydrogen-bond acceptors (Lipinski definition) is 6. The lowest BCUT2D eigenvalue weighted by atomic mass is 10.1. The van der Waals surface area contributed by atoms with Crippen LogP contribution in [0.4, 0.5) is 5.69 Å². The minimum Gasteiger partial charge on any atom is -0.497 e. The summed E-state index contributed by atoms with van der Waals surface area (Å²) < 4.78 is 39.3. The van der Waals surface area contributed by atoms with Crippen LogP contribution in [0.25, 0.3) is 0 Å². The number of anilines is 1. The van der Waals surface area contributed by atoms with E-state index in [0.717, 1.165) is 31.7 Å². The Kier molecular flexibility index (Phi) is 7.77. The second-order valence-corrected chi connectivity index (χ2v) is 10.3. The van der Waals surface area contributed by atoms with E-state index in [0.29, 0.717) is 29.1 Å². The van der Waals surface area contributed by atoms with Crippen LogP contribution < -0.4 is 14.8 Å². The van der Waals surface area contributed by atoms with Gasteiger partial charge >= 0.3 is 0 Å². The number of amides is 1. The predicted molar refractivity (Wildman–Crippen MR) is 134 cm³/mol. The Morgan fingerprint density at radius 1 is 1.09 bits per heavy atom. The number of ether oxygens (including phenoxy) is 1. The Morgan fingerprint density at radius 2 is 1.83 bits per heavy atom. The Bertz CT molecular complexity index is 1230. The summed E-state index contributed by atoms with van der Waals surface area (Å²) in [4.78, 5) is 15.5. The van der Waals surface area contributed by atoms with Crippen molar-refractivity contribution in [1.29, 1.82) is 0 Å². The van der Waals surface area contributed by atoms with Crippen molar-refractivity contribution in [1.82, 2.24) is 10.2 Å². The van der Waals surface area contributed by atoms with E-state index in [2.05, 4.69) is 14.9 Å². The Balaban J connectivity index is 1.49. The van der Waals surface area contributed by atoms with Gasteiger partial charge in [-0.05, 0) is 86.9 Å². The van der Waals surface area contributed by atoms with Crippen LogP contribution in [0, 0.1) is 6.92 Å². The molecule has 0 radical (unpaired) electrons. The Morgan fingerprint density at radius 3 is 2.49 bits per heavy atom. The number of methoxy groups -OCH3 is 1. The van der Waals surface area contributed by atoms with Crippen LogP contribution in [0.2, 0.25) is 0 Å². The summed E-state index contributed by atoms with van der Waals surface area (Å²) in [6, 6.07) is 14.8. The average molecular weight is 498 g/mol. The van der Waals surface area contributed by atoms with Crippen LogP contribution in [0.3, 0.4) is 0 Å². The third kappa shape index (κ3) is 6.04. The molecule has 8 nitrogen and oxygen atoms in total. The molecule has 0 aliphatic carbocycles. The van der Waals surface area contributed by atoms with Crippen molar-refractivity contribution in [2.75, 3.05) is 31.5 Å². The Labute approximate surface area is 206 Å². The number of sulfonamides is 1. The zero-order valence-corrected chi connectivity index (χ0v) is 20.8. The van der Waals surface area contributed by atoms with Crippen molar-refractivity contribution in [3.8, 4) is 5.75 Å². The highest BCUT2D eigenvalue weighted by atomic mass is 32.2. The highest BCUT2D eigenvalue weighted by molar-refractivity contribution is 7.92. The molecular formula is C26H31N3O5S. The molecule has 0 spiro atoms. The molecule has 0 saturated carbocycles. The number of hydrogen-bond donors (Lipinski definition) is 2. The van der Waals surface area contributed by atoms with Gasteiger partial charge in [-0.1, -0.05) is 12.5 Å². The van der Waals surface area contributed by atoms with Crippen molar-refractivity contribution in [3.63, 3.8) is 0 Å². The summed E-state index contributed by atoms with van der Waals surface area (Å²) in [7, 11) is -2.34. The molecular weight excluding hydrogens is 466 g/mol. The molecule has 0 unspecified atom stereocenters. The third-order valence-electron chi connectivity index (χ3n) is 6.27. The first-order chi connectivity index (χ1) is 16.9. The fourth-order valence-electron chi connectivity index (χ4n) is 4.29. The van der Waals surface area contributed by atoms with Crippen molar-refractivity contribution >= 4 is 21.6 Å². The van der Waals surface area contributed by atoms with Crippen LogP contribution in [-0.2, 0) is 10.0 Å². The van der Waals surface area contributed by atoms with E-state index in [-0.39, 0.29) is 16.8 Å². The van der Waals surface area contributed by atoms with Crippen LogP contribution in [0.5, 0.6) is 5.75 Å². The zero-order chi connectivity index (χ0) is 24.8. The summed E-state index contributed by atoms with van der Waals surface area (Å²) in [5.74, 6) is 1.11. The smallest absolute Gasteiger partial charge is 0.261 e. The first-order valence-electron chi connectivity index (χ1n) is 11.7. The molecule has 1 aliphatic rings. The molecule has 2 heterocycles. The van der Waals surface area contributed by atoms with E-state index in [1.54, 1.807) is 50.6 Å². The summed E-state index contributed by atoms with van der Waals surface area (Å²) >= 11 is 0. The summed E-state index contributed by atoms with van der Waals surface area (Å²) in [5, 5.41) is 3.00. The maximum Gasteiger partial charge on any atom is 0.261 e. The van der Waals surface area contributed by atoms with E-state index in [1.807, 2.05) is 12.1 Å². The second-order valence-electron chi connectivity index (χ2n) is 8.65. The molecule has 1 aliphatic heterocycles. The minimum atomic E-state index is -3.88. The molecule has 1 fully saturated rings. The zero-order valence-electron chi connectivity index (χ0n) is 20.0. The van der Waals surface area contributed by atoms with Gasteiger partial charge in [0.15, 0.2) is 0 Å². The molecule has 35 heavy (non-hydrogen) atoms. The molecule has 9 heteroatoms. The van der Waals surface area contributed by atoms with Gasteiger partial charge in [-0.3, -0.25) is 14.4 Å². The lowest BCUT2D eigenvalue weighted by Gasteiger charge is -2.33. The van der Waals surface area contributed by atoms with Crippen LogP contribution >= 0.6 is 0 Å². The lowest BCUT2D eigenvalue weighted by molar-refractivity contribution is 0.0913. The van der Waals surface area contributed by atoms with Gasteiger partial charge in [0.05, 0.1) is 24.3 Å². The monoisotopic (exact) mass is 497 g/mol. The number of nitrogens with one attached hydrogen (secondary N) is 2. The van der Waals surface area contributed by atoms with E-state index >= 15 is 0 Å². The number of benzene rings is 2. The van der Waals surface area contributed by atoms with Gasteiger partial charge in [0.2, 0.25) is 0 Å². The number of carbonyl (C=O) groups excluding carboxylic acids is 1. The van der Waals surface area contributed by atoms with Crippen molar-refractivity contribution in [2.45, 2.75) is 37.1 Å². The number of likely N-dealkylation sites (tertiary alicyclic amines) is 1. The van der Waals surface area contributed by atoms with Gasteiger partial charge < -0.3 is 14.5 Å². The summed E-state index contributed by atoms with van der Waals surface area (Å²) in [5.41, 5.74) is 1.41. The van der Waals surface area contributed by atoms with E-state index in [9.17, 15) is 13.2 Å². The van der Waals surface area contributed by atoms with Gasteiger partial charge in [-0.2, -0.15) is 0 Å². The fourth-order valence-corrected chi connectivity index (χ4v) is 5.38. The molecule has 1 saturated heterocycles. The largest absolute Gasteiger partial charge is 0.497 e. The standard InChI is InChI=1S/C26H31N3O5S/c1-19-8-13-22(35(31,32)28-20-9-11-21(33-2)12-10-20)17-23(19)26(30)27-18-24(25-7-6-16-34-25)29-14-4-3-5-15-29/h6-13,16-17,24,28H,3-5,14-15,18H2,1-2H3,(H,27,30)/t24-/m0/s1. The van der Waals surface area contributed by atoms with E-state index in [4.69, 9.17) is 9.15 Å². The summed E-state index contributed by atoms with van der Waals surface area (Å²) in [6.07, 6.45) is 5.08. The first-order valence-corrected chi connectivity index (χ1v) is 13.2. The van der Waals surface area contributed by atoms with Gasteiger partial charge in [0.25, 0.3) is 15.9 Å². The number of piperidine rings is 1.